The number of likely N-dealkylation sites (tertiary alicyclic amines) is 1. The van der Waals surface area contributed by atoms with Gasteiger partial charge >= 0.3 is 0 Å². The molecule has 2 rings (SSSR count). The maximum atomic E-state index is 12.7. The van der Waals surface area contributed by atoms with Gasteiger partial charge in [0.05, 0.1) is 16.6 Å². The Labute approximate surface area is 151 Å². The third-order valence-electron chi connectivity index (χ3n) is 5.00. The zero-order valence-corrected chi connectivity index (χ0v) is 16.6. The number of amides is 1. The van der Waals surface area contributed by atoms with Crippen molar-refractivity contribution in [3.8, 4) is 0 Å². The van der Waals surface area contributed by atoms with Crippen LogP contribution in [-0.2, 0) is 14.6 Å². The molecule has 0 aromatic heterocycles. The summed E-state index contributed by atoms with van der Waals surface area (Å²) in [4.78, 5) is 17.1. The highest BCUT2D eigenvalue weighted by Crippen LogP contribution is 2.21. The minimum atomic E-state index is -3.37. The third kappa shape index (κ3) is 5.05. The molecule has 0 aliphatic carbocycles. The molecule has 6 heteroatoms. The van der Waals surface area contributed by atoms with E-state index >= 15 is 0 Å². The van der Waals surface area contributed by atoms with Gasteiger partial charge in [0.1, 0.15) is 0 Å². The van der Waals surface area contributed by atoms with Crippen LogP contribution >= 0.6 is 0 Å². The summed E-state index contributed by atoms with van der Waals surface area (Å²) >= 11 is 0. The van der Waals surface area contributed by atoms with Gasteiger partial charge in [-0.3, -0.25) is 4.79 Å². The van der Waals surface area contributed by atoms with E-state index in [0.29, 0.717) is 17.5 Å². The molecule has 0 unspecified atom stereocenters. The highest BCUT2D eigenvalue weighted by Gasteiger charge is 2.32. The minimum absolute atomic E-state index is 0.00979. The molecule has 5 nitrogen and oxygen atoms in total. The summed E-state index contributed by atoms with van der Waals surface area (Å²) in [5, 5.41) is 0. The maximum absolute atomic E-state index is 12.7. The highest BCUT2D eigenvalue weighted by atomic mass is 32.2. The Morgan fingerprint density at radius 1 is 1.28 bits per heavy atom. The molecule has 0 saturated carbocycles. The van der Waals surface area contributed by atoms with Crippen molar-refractivity contribution in [2.75, 3.05) is 31.9 Å². The first kappa shape index (κ1) is 19.9. The second-order valence-electron chi connectivity index (χ2n) is 7.12. The Hall–Kier alpha value is -1.40. The van der Waals surface area contributed by atoms with E-state index in [2.05, 4.69) is 18.7 Å². The van der Waals surface area contributed by atoms with E-state index in [4.69, 9.17) is 0 Å². The van der Waals surface area contributed by atoms with Gasteiger partial charge in [0.15, 0.2) is 9.84 Å². The molecule has 1 heterocycles. The van der Waals surface area contributed by atoms with Crippen molar-refractivity contribution in [3.05, 3.63) is 29.8 Å². The van der Waals surface area contributed by atoms with E-state index in [1.807, 2.05) is 13.8 Å². The number of carbonyl (C=O) groups is 1. The lowest BCUT2D eigenvalue weighted by Gasteiger charge is -2.25. The molecule has 1 amide bonds. The van der Waals surface area contributed by atoms with Crippen molar-refractivity contribution in [1.29, 1.82) is 0 Å². The van der Waals surface area contributed by atoms with Crippen molar-refractivity contribution in [3.63, 3.8) is 0 Å². The lowest BCUT2D eigenvalue weighted by molar-refractivity contribution is -0.134. The summed E-state index contributed by atoms with van der Waals surface area (Å²) in [6.45, 7) is 10.6. The average Bonchev–Trinajstić information content (AvgIpc) is 3.06. The number of benzene rings is 1. The van der Waals surface area contributed by atoms with Gasteiger partial charge in [0, 0.05) is 25.7 Å². The number of rotatable bonds is 7. The van der Waals surface area contributed by atoms with E-state index in [-0.39, 0.29) is 24.1 Å². The van der Waals surface area contributed by atoms with Gasteiger partial charge in [-0.05, 0) is 52.8 Å². The van der Waals surface area contributed by atoms with Crippen LogP contribution in [0.5, 0.6) is 0 Å². The fourth-order valence-electron chi connectivity index (χ4n) is 3.23. The van der Waals surface area contributed by atoms with Gasteiger partial charge in [-0.2, -0.15) is 0 Å². The quantitative estimate of drug-likeness (QED) is 0.743. The smallest absolute Gasteiger partial charge is 0.227 e. The topological polar surface area (TPSA) is 57.7 Å². The Morgan fingerprint density at radius 2 is 1.92 bits per heavy atom. The van der Waals surface area contributed by atoms with Crippen LogP contribution in [0.2, 0.25) is 0 Å². The number of aryl methyl sites for hydroxylation is 1. The number of sulfone groups is 1. The normalized spacial score (nSPS) is 18.7. The molecule has 1 aromatic rings. The van der Waals surface area contributed by atoms with E-state index in [9.17, 15) is 13.2 Å². The first-order valence-electron chi connectivity index (χ1n) is 9.07. The second kappa shape index (κ2) is 8.32. The summed E-state index contributed by atoms with van der Waals surface area (Å²) in [5.41, 5.74) is 1.03. The fourth-order valence-corrected chi connectivity index (χ4v) is 4.48. The van der Waals surface area contributed by atoms with Gasteiger partial charge in [-0.1, -0.05) is 17.7 Å². The zero-order chi connectivity index (χ0) is 18.6. The number of hydrogen-bond acceptors (Lipinski definition) is 4. The Balaban J connectivity index is 1.97. The Kier molecular flexibility index (Phi) is 6.63. The number of carbonyl (C=O) groups excluding carboxylic acids is 1. The van der Waals surface area contributed by atoms with Crippen LogP contribution in [0.3, 0.4) is 0 Å². The maximum Gasteiger partial charge on any atom is 0.227 e. The van der Waals surface area contributed by atoms with Crippen LogP contribution < -0.4 is 0 Å². The predicted molar refractivity (Wildman–Crippen MR) is 100 cm³/mol. The van der Waals surface area contributed by atoms with Gasteiger partial charge in [0.25, 0.3) is 0 Å². The Morgan fingerprint density at radius 3 is 2.44 bits per heavy atom. The summed E-state index contributed by atoms with van der Waals surface area (Å²) in [6, 6.07) is 7.32. The molecule has 1 aliphatic heterocycles. The van der Waals surface area contributed by atoms with Crippen LogP contribution in [0.15, 0.2) is 29.2 Å². The average molecular weight is 367 g/mol. The largest absolute Gasteiger partial charge is 0.342 e. The van der Waals surface area contributed by atoms with Crippen molar-refractivity contribution >= 4 is 15.7 Å². The predicted octanol–water partition coefficient (Wildman–Crippen LogP) is 2.35. The minimum Gasteiger partial charge on any atom is -0.342 e. The summed E-state index contributed by atoms with van der Waals surface area (Å²) in [5.74, 6) is 0.0465. The van der Waals surface area contributed by atoms with Crippen molar-refractivity contribution in [1.82, 2.24) is 9.80 Å². The van der Waals surface area contributed by atoms with Gasteiger partial charge in [-0.15, -0.1) is 0 Å². The first-order chi connectivity index (χ1) is 11.7. The molecular weight excluding hydrogens is 336 g/mol. The zero-order valence-electron chi connectivity index (χ0n) is 15.7. The SMILES string of the molecule is CCN(CCS(=O)(=O)c1ccc(C)cc1)C(=O)[C@H]1CCN(C(C)C)C1. The van der Waals surface area contributed by atoms with Crippen molar-refractivity contribution < 1.29 is 13.2 Å². The van der Waals surface area contributed by atoms with Crippen LogP contribution in [0.1, 0.15) is 32.8 Å². The molecule has 0 spiro atoms. The lowest BCUT2D eigenvalue weighted by atomic mass is 10.1. The molecule has 1 atom stereocenters. The standard InChI is InChI=1S/C19H30N2O3S/c1-5-20(19(22)17-10-11-21(14-17)15(2)3)12-13-25(23,24)18-8-6-16(4)7-9-18/h6-9,15,17H,5,10-14H2,1-4H3/t17-/m0/s1. The van der Waals surface area contributed by atoms with E-state index in [1.165, 1.54) is 0 Å². The molecule has 0 N–H and O–H groups in total. The lowest BCUT2D eigenvalue weighted by Crippen LogP contribution is -2.40. The molecule has 1 saturated heterocycles. The van der Waals surface area contributed by atoms with Gasteiger partial charge in [0.2, 0.25) is 5.91 Å². The molecule has 1 aliphatic rings. The van der Waals surface area contributed by atoms with Gasteiger partial charge < -0.3 is 9.80 Å². The van der Waals surface area contributed by atoms with Crippen LogP contribution in [0, 0.1) is 12.8 Å². The third-order valence-corrected chi connectivity index (χ3v) is 6.71. The number of hydrogen-bond donors (Lipinski definition) is 0. The van der Waals surface area contributed by atoms with E-state index in [1.54, 1.807) is 29.2 Å². The summed E-state index contributed by atoms with van der Waals surface area (Å²) in [7, 11) is -3.37. The van der Waals surface area contributed by atoms with Crippen LogP contribution in [0.25, 0.3) is 0 Å². The van der Waals surface area contributed by atoms with Crippen molar-refractivity contribution in [2.45, 2.75) is 45.1 Å². The first-order valence-corrected chi connectivity index (χ1v) is 10.7. The summed E-state index contributed by atoms with van der Waals surface area (Å²) < 4.78 is 25.0. The molecule has 140 valence electrons. The number of nitrogens with zero attached hydrogens (tertiary/aromatic N) is 2. The molecule has 1 aromatic carbocycles. The monoisotopic (exact) mass is 366 g/mol. The Bertz CT molecular complexity index is 683. The van der Waals surface area contributed by atoms with Gasteiger partial charge in [-0.25, -0.2) is 8.42 Å². The molecule has 1 fully saturated rings. The summed E-state index contributed by atoms with van der Waals surface area (Å²) in [6.07, 6.45) is 0.859. The molecule has 25 heavy (non-hydrogen) atoms. The second-order valence-corrected chi connectivity index (χ2v) is 9.23. The highest BCUT2D eigenvalue weighted by molar-refractivity contribution is 7.91. The molecular formula is C19H30N2O3S. The van der Waals surface area contributed by atoms with Crippen LogP contribution in [0.4, 0.5) is 0 Å². The van der Waals surface area contributed by atoms with Crippen molar-refractivity contribution in [2.24, 2.45) is 5.92 Å². The fraction of sp³-hybridized carbons (Fsp3) is 0.632. The van der Waals surface area contributed by atoms with Crippen LogP contribution in [-0.4, -0.2) is 62.1 Å². The van der Waals surface area contributed by atoms with E-state index in [0.717, 1.165) is 25.1 Å². The molecule has 0 radical (unpaired) electrons. The van der Waals surface area contributed by atoms with E-state index < -0.39 is 9.84 Å². The molecule has 0 bridgehead atoms.